The number of nitrogens with zero attached hydrogens (tertiary/aromatic N) is 4. The van der Waals surface area contributed by atoms with Gasteiger partial charge in [-0.3, -0.25) is 0 Å². The van der Waals surface area contributed by atoms with Gasteiger partial charge in [0.2, 0.25) is 11.9 Å². The molecule has 1 aromatic heterocycles. The van der Waals surface area contributed by atoms with Crippen LogP contribution in [0.15, 0.2) is 5.16 Å². The lowest BCUT2D eigenvalue weighted by Crippen LogP contribution is -2.06. The number of rotatable bonds is 1. The quantitative estimate of drug-likeness (QED) is 0.266. The fraction of sp³-hybridized carbons (Fsp3) is 0. The SMILES string of the molecule is Nc1nc(N)nc(/C=N\O)n1. The Kier molecular flexibility index (Phi) is 1.81. The van der Waals surface area contributed by atoms with E-state index in [2.05, 4.69) is 20.1 Å². The molecule has 7 heteroatoms. The molecule has 0 aliphatic heterocycles. The largest absolute Gasteiger partial charge is 0.411 e. The molecule has 11 heavy (non-hydrogen) atoms. The van der Waals surface area contributed by atoms with Crippen LogP contribution in [0.1, 0.15) is 5.82 Å². The number of aromatic nitrogens is 3. The molecule has 0 radical (unpaired) electrons. The summed E-state index contributed by atoms with van der Waals surface area (Å²) in [7, 11) is 0. The lowest BCUT2D eigenvalue weighted by atomic mass is 10.6. The lowest BCUT2D eigenvalue weighted by Gasteiger charge is -1.94. The van der Waals surface area contributed by atoms with Crippen molar-refractivity contribution in [2.45, 2.75) is 0 Å². The van der Waals surface area contributed by atoms with Crippen molar-refractivity contribution in [2.75, 3.05) is 11.5 Å². The normalized spacial score (nSPS) is 10.5. The minimum absolute atomic E-state index is 0.00704. The molecule has 0 spiro atoms. The molecule has 58 valence electrons. The summed E-state index contributed by atoms with van der Waals surface area (Å²) >= 11 is 0. The Bertz CT molecular complexity index is 264. The summed E-state index contributed by atoms with van der Waals surface area (Å²) in [4.78, 5) is 10.7. The van der Waals surface area contributed by atoms with Gasteiger partial charge in [0.15, 0.2) is 5.82 Å². The summed E-state index contributed by atoms with van der Waals surface area (Å²) in [5, 5.41) is 10.8. The first-order valence-corrected chi connectivity index (χ1v) is 2.67. The molecule has 7 nitrogen and oxygen atoms in total. The summed E-state index contributed by atoms with van der Waals surface area (Å²) in [6.45, 7) is 0. The first-order chi connectivity index (χ1) is 5.22. The zero-order valence-electron chi connectivity index (χ0n) is 5.47. The molecular formula is C4H6N6O. The molecule has 0 unspecified atom stereocenters. The van der Waals surface area contributed by atoms with Gasteiger partial charge in [-0.2, -0.15) is 15.0 Å². The topological polar surface area (TPSA) is 123 Å². The highest BCUT2D eigenvalue weighted by molar-refractivity contribution is 5.74. The van der Waals surface area contributed by atoms with Gasteiger partial charge >= 0.3 is 0 Å². The van der Waals surface area contributed by atoms with Crippen LogP contribution in [0.25, 0.3) is 0 Å². The molecule has 0 saturated carbocycles. The van der Waals surface area contributed by atoms with Gasteiger partial charge in [0.25, 0.3) is 0 Å². The molecule has 1 rings (SSSR count). The minimum atomic E-state index is -0.00704. The maximum Gasteiger partial charge on any atom is 0.225 e. The second-order valence-corrected chi connectivity index (χ2v) is 1.65. The Morgan fingerprint density at radius 2 is 1.73 bits per heavy atom. The van der Waals surface area contributed by atoms with Gasteiger partial charge in [0.1, 0.15) is 6.21 Å². The van der Waals surface area contributed by atoms with E-state index >= 15 is 0 Å². The van der Waals surface area contributed by atoms with Crippen LogP contribution in [-0.4, -0.2) is 26.4 Å². The molecule has 0 aliphatic carbocycles. The van der Waals surface area contributed by atoms with E-state index in [1.807, 2.05) is 0 Å². The van der Waals surface area contributed by atoms with Crippen molar-refractivity contribution in [3.05, 3.63) is 5.82 Å². The molecule has 0 amide bonds. The van der Waals surface area contributed by atoms with Gasteiger partial charge in [-0.15, -0.1) is 0 Å². The van der Waals surface area contributed by atoms with E-state index in [0.717, 1.165) is 6.21 Å². The Morgan fingerprint density at radius 1 is 1.18 bits per heavy atom. The van der Waals surface area contributed by atoms with E-state index in [1.165, 1.54) is 0 Å². The fourth-order valence-electron chi connectivity index (χ4n) is 0.536. The zero-order valence-corrected chi connectivity index (χ0v) is 5.47. The summed E-state index contributed by atoms with van der Waals surface area (Å²) < 4.78 is 0. The fourth-order valence-corrected chi connectivity index (χ4v) is 0.536. The van der Waals surface area contributed by atoms with Crippen molar-refractivity contribution in [2.24, 2.45) is 5.16 Å². The van der Waals surface area contributed by atoms with Crippen LogP contribution in [0.2, 0.25) is 0 Å². The summed E-state index contributed by atoms with van der Waals surface area (Å²) in [6, 6.07) is 0. The number of anilines is 2. The molecule has 5 N–H and O–H groups in total. The van der Waals surface area contributed by atoms with Crippen LogP contribution in [0.3, 0.4) is 0 Å². The number of hydrogen-bond acceptors (Lipinski definition) is 7. The van der Waals surface area contributed by atoms with Crippen LogP contribution in [0, 0.1) is 0 Å². The third-order valence-electron chi connectivity index (χ3n) is 0.861. The van der Waals surface area contributed by atoms with Gasteiger partial charge in [-0.1, -0.05) is 5.16 Å². The Balaban J connectivity index is 3.08. The van der Waals surface area contributed by atoms with Crippen molar-refractivity contribution in [3.63, 3.8) is 0 Å². The van der Waals surface area contributed by atoms with Crippen LogP contribution < -0.4 is 11.5 Å². The molecular weight excluding hydrogens is 148 g/mol. The standard InChI is InChI=1S/C4H6N6O/c5-3-8-2(1-7-11)9-4(6)10-3/h1,11H,(H4,5,6,8,9,10)/b7-1-. The van der Waals surface area contributed by atoms with Crippen molar-refractivity contribution in [1.82, 2.24) is 15.0 Å². The van der Waals surface area contributed by atoms with Gasteiger partial charge < -0.3 is 16.7 Å². The molecule has 0 bridgehead atoms. The highest BCUT2D eigenvalue weighted by Gasteiger charge is 1.97. The Morgan fingerprint density at radius 3 is 2.18 bits per heavy atom. The average Bonchev–Trinajstić information content (AvgIpc) is 1.85. The second kappa shape index (κ2) is 2.78. The first kappa shape index (κ1) is 7.19. The van der Waals surface area contributed by atoms with E-state index < -0.39 is 0 Å². The van der Waals surface area contributed by atoms with Crippen LogP contribution >= 0.6 is 0 Å². The van der Waals surface area contributed by atoms with E-state index in [1.54, 1.807) is 0 Å². The molecule has 0 aliphatic rings. The number of nitrogen functional groups attached to an aromatic ring is 2. The summed E-state index contributed by atoms with van der Waals surface area (Å²) in [5.74, 6) is 0.109. The molecule has 0 saturated heterocycles. The van der Waals surface area contributed by atoms with E-state index in [-0.39, 0.29) is 17.7 Å². The lowest BCUT2D eigenvalue weighted by molar-refractivity contribution is 0.321. The molecule has 1 heterocycles. The van der Waals surface area contributed by atoms with E-state index in [4.69, 9.17) is 16.7 Å². The highest BCUT2D eigenvalue weighted by Crippen LogP contribution is 1.95. The summed E-state index contributed by atoms with van der Waals surface area (Å²) in [5.41, 5.74) is 10.4. The highest BCUT2D eigenvalue weighted by atomic mass is 16.4. The third-order valence-corrected chi connectivity index (χ3v) is 0.861. The molecule has 0 aromatic carbocycles. The van der Waals surface area contributed by atoms with Crippen molar-refractivity contribution in [1.29, 1.82) is 0 Å². The van der Waals surface area contributed by atoms with E-state index in [0.29, 0.717) is 0 Å². The predicted molar refractivity (Wildman–Crippen MR) is 38.0 cm³/mol. The first-order valence-electron chi connectivity index (χ1n) is 2.67. The second-order valence-electron chi connectivity index (χ2n) is 1.65. The third kappa shape index (κ3) is 1.75. The maximum atomic E-state index is 8.09. The van der Waals surface area contributed by atoms with Gasteiger partial charge in [-0.25, -0.2) is 0 Å². The van der Waals surface area contributed by atoms with Crippen molar-refractivity contribution < 1.29 is 5.21 Å². The van der Waals surface area contributed by atoms with Gasteiger partial charge in [-0.05, 0) is 0 Å². The zero-order chi connectivity index (χ0) is 8.27. The van der Waals surface area contributed by atoms with Crippen LogP contribution in [0.5, 0.6) is 0 Å². The number of hydrogen-bond donors (Lipinski definition) is 3. The minimum Gasteiger partial charge on any atom is -0.411 e. The van der Waals surface area contributed by atoms with Crippen LogP contribution in [-0.2, 0) is 0 Å². The predicted octanol–water partition coefficient (Wildman–Crippen LogP) is -1.16. The molecule has 0 fully saturated rings. The number of oxime groups is 1. The maximum absolute atomic E-state index is 8.09. The van der Waals surface area contributed by atoms with Gasteiger partial charge in [0, 0.05) is 0 Å². The Hall–Kier alpha value is -1.92. The monoisotopic (exact) mass is 154 g/mol. The van der Waals surface area contributed by atoms with Gasteiger partial charge in [0.05, 0.1) is 0 Å². The van der Waals surface area contributed by atoms with E-state index in [9.17, 15) is 0 Å². The molecule has 0 atom stereocenters. The summed E-state index contributed by atoms with van der Waals surface area (Å²) in [6.07, 6.45) is 1.01. The smallest absolute Gasteiger partial charge is 0.225 e. The number of nitrogens with two attached hydrogens (primary N) is 2. The Labute approximate surface area is 61.8 Å². The molecule has 1 aromatic rings. The van der Waals surface area contributed by atoms with Crippen LogP contribution in [0.4, 0.5) is 11.9 Å². The van der Waals surface area contributed by atoms with Crippen molar-refractivity contribution >= 4 is 18.1 Å². The van der Waals surface area contributed by atoms with Crippen molar-refractivity contribution in [3.8, 4) is 0 Å². The average molecular weight is 154 g/mol.